The fourth-order valence-electron chi connectivity index (χ4n) is 4.13. The van der Waals surface area contributed by atoms with Crippen LogP contribution in [-0.2, 0) is 18.4 Å². The number of hydrogen-bond acceptors (Lipinski definition) is 1. The van der Waals surface area contributed by atoms with Crippen LogP contribution in [0, 0.1) is 20.8 Å². The molecule has 0 spiro atoms. The van der Waals surface area contributed by atoms with Gasteiger partial charge in [-0.05, 0) is 67.3 Å². The van der Waals surface area contributed by atoms with Gasteiger partial charge in [0.2, 0.25) is 0 Å². The first-order valence-corrected chi connectivity index (χ1v) is 9.29. The number of nitrogens with zero attached hydrogens (tertiary/aromatic N) is 2. The summed E-state index contributed by atoms with van der Waals surface area (Å²) in [5, 5.41) is 1.46. The molecule has 0 saturated heterocycles. The van der Waals surface area contributed by atoms with Crippen LogP contribution in [0.4, 0.5) is 0 Å². The van der Waals surface area contributed by atoms with E-state index in [1.165, 1.54) is 38.9 Å². The summed E-state index contributed by atoms with van der Waals surface area (Å²) in [5.41, 5.74) is 8.58. The predicted molar refractivity (Wildman–Crippen MR) is 107 cm³/mol. The van der Waals surface area contributed by atoms with E-state index in [1.54, 1.807) is 0 Å². The van der Waals surface area contributed by atoms with Crippen molar-refractivity contribution in [1.82, 2.24) is 9.55 Å². The third-order valence-corrected chi connectivity index (χ3v) is 5.19. The molecule has 0 bridgehead atoms. The van der Waals surface area contributed by atoms with Crippen LogP contribution in [0.1, 0.15) is 55.1 Å². The number of rotatable bonds is 4. The molecule has 0 unspecified atom stereocenters. The van der Waals surface area contributed by atoms with Crippen LogP contribution in [0.25, 0.3) is 10.9 Å². The van der Waals surface area contributed by atoms with Gasteiger partial charge in [0.25, 0.3) is 0 Å². The normalized spacial score (nSPS) is 12.1. The van der Waals surface area contributed by atoms with Crippen LogP contribution in [0.3, 0.4) is 0 Å². The van der Waals surface area contributed by atoms with Gasteiger partial charge in [-0.25, -0.2) is 0 Å². The Morgan fingerprint density at radius 3 is 2.36 bits per heavy atom. The quantitative estimate of drug-likeness (QED) is 0.581. The SMILES string of the molecule is Cc1ccc(C)c2c1c(C(C)(C)C)c(C)n2CCCc1cccnc1. The molecular weight excluding hydrogens is 304 g/mol. The van der Waals surface area contributed by atoms with Crippen molar-refractivity contribution < 1.29 is 0 Å². The molecule has 3 aromatic rings. The molecule has 0 saturated carbocycles. The van der Waals surface area contributed by atoms with Crippen molar-refractivity contribution in [3.05, 3.63) is 64.6 Å². The van der Waals surface area contributed by atoms with Crippen LogP contribution in [0.2, 0.25) is 0 Å². The molecule has 132 valence electrons. The van der Waals surface area contributed by atoms with E-state index in [9.17, 15) is 0 Å². The van der Waals surface area contributed by atoms with Crippen molar-refractivity contribution in [2.45, 2.75) is 66.3 Å². The van der Waals surface area contributed by atoms with E-state index in [0.717, 1.165) is 19.4 Å². The number of benzene rings is 1. The van der Waals surface area contributed by atoms with Crippen molar-refractivity contribution in [3.8, 4) is 0 Å². The first-order chi connectivity index (χ1) is 11.8. The van der Waals surface area contributed by atoms with Crippen molar-refractivity contribution in [1.29, 1.82) is 0 Å². The smallest absolute Gasteiger partial charge is 0.0517 e. The zero-order valence-electron chi connectivity index (χ0n) is 16.5. The highest BCUT2D eigenvalue weighted by molar-refractivity contribution is 5.92. The monoisotopic (exact) mass is 334 g/mol. The zero-order valence-corrected chi connectivity index (χ0v) is 16.5. The number of hydrogen-bond donors (Lipinski definition) is 0. The highest BCUT2D eigenvalue weighted by Crippen LogP contribution is 2.38. The summed E-state index contributed by atoms with van der Waals surface area (Å²) in [6.07, 6.45) is 6.03. The van der Waals surface area contributed by atoms with Crippen molar-refractivity contribution >= 4 is 10.9 Å². The summed E-state index contributed by atoms with van der Waals surface area (Å²) >= 11 is 0. The molecule has 0 N–H and O–H groups in total. The molecule has 0 radical (unpaired) electrons. The summed E-state index contributed by atoms with van der Waals surface area (Å²) in [7, 11) is 0. The average molecular weight is 335 g/mol. The fourth-order valence-corrected chi connectivity index (χ4v) is 4.13. The topological polar surface area (TPSA) is 17.8 Å². The lowest BCUT2D eigenvalue weighted by atomic mass is 9.83. The summed E-state index contributed by atoms with van der Waals surface area (Å²) in [4.78, 5) is 4.23. The third-order valence-electron chi connectivity index (χ3n) is 5.19. The first kappa shape index (κ1) is 17.7. The number of aromatic nitrogens is 2. The Morgan fingerprint density at radius 1 is 1.00 bits per heavy atom. The first-order valence-electron chi connectivity index (χ1n) is 9.29. The van der Waals surface area contributed by atoms with Crippen LogP contribution in [0.15, 0.2) is 36.7 Å². The zero-order chi connectivity index (χ0) is 18.2. The van der Waals surface area contributed by atoms with Crippen LogP contribution < -0.4 is 0 Å². The van der Waals surface area contributed by atoms with Gasteiger partial charge in [0.1, 0.15) is 0 Å². The fraction of sp³-hybridized carbons (Fsp3) is 0.435. The van der Waals surface area contributed by atoms with Gasteiger partial charge >= 0.3 is 0 Å². The van der Waals surface area contributed by atoms with E-state index < -0.39 is 0 Å². The number of pyridine rings is 1. The van der Waals surface area contributed by atoms with Gasteiger partial charge in [0.15, 0.2) is 0 Å². The molecular formula is C23H30N2. The standard InChI is InChI=1S/C23H30N2/c1-16-11-12-17(2)22-20(16)21(23(4,5)6)18(3)25(22)14-8-10-19-9-7-13-24-15-19/h7,9,11-13,15H,8,10,14H2,1-6H3. The van der Waals surface area contributed by atoms with Crippen molar-refractivity contribution in [2.75, 3.05) is 0 Å². The largest absolute Gasteiger partial charge is 0.344 e. The van der Waals surface area contributed by atoms with Crippen LogP contribution in [-0.4, -0.2) is 9.55 Å². The molecule has 0 atom stereocenters. The summed E-state index contributed by atoms with van der Waals surface area (Å²) in [6, 6.07) is 8.73. The Hall–Kier alpha value is -2.09. The molecule has 2 heterocycles. The van der Waals surface area contributed by atoms with E-state index in [0.29, 0.717) is 0 Å². The van der Waals surface area contributed by atoms with Gasteiger partial charge in [-0.15, -0.1) is 0 Å². The highest BCUT2D eigenvalue weighted by Gasteiger charge is 2.25. The van der Waals surface area contributed by atoms with Gasteiger partial charge in [-0.3, -0.25) is 4.98 Å². The molecule has 2 heteroatoms. The lowest BCUT2D eigenvalue weighted by Crippen LogP contribution is -2.13. The highest BCUT2D eigenvalue weighted by atomic mass is 15.0. The Kier molecular flexibility index (Phi) is 4.73. The molecule has 0 aliphatic carbocycles. The Balaban J connectivity index is 2.03. The van der Waals surface area contributed by atoms with E-state index in [4.69, 9.17) is 0 Å². The summed E-state index contributed by atoms with van der Waals surface area (Å²) in [5.74, 6) is 0. The molecule has 1 aromatic carbocycles. The van der Waals surface area contributed by atoms with Gasteiger partial charge in [0.05, 0.1) is 5.52 Å². The maximum Gasteiger partial charge on any atom is 0.0517 e. The summed E-state index contributed by atoms with van der Waals surface area (Å²) in [6.45, 7) is 14.8. The van der Waals surface area contributed by atoms with Crippen molar-refractivity contribution in [3.63, 3.8) is 0 Å². The Morgan fingerprint density at radius 2 is 1.72 bits per heavy atom. The van der Waals surface area contributed by atoms with Gasteiger partial charge in [0, 0.05) is 30.0 Å². The van der Waals surface area contributed by atoms with Gasteiger partial charge in [-0.1, -0.05) is 39.0 Å². The molecule has 0 aliphatic rings. The molecule has 2 aromatic heterocycles. The molecule has 0 aliphatic heterocycles. The maximum atomic E-state index is 4.23. The number of fused-ring (bicyclic) bond motifs is 1. The Labute approximate surface area is 151 Å². The van der Waals surface area contributed by atoms with E-state index in [1.807, 2.05) is 18.5 Å². The lowest BCUT2D eigenvalue weighted by Gasteiger charge is -2.20. The second-order valence-corrected chi connectivity index (χ2v) is 8.25. The average Bonchev–Trinajstić information content (AvgIpc) is 2.86. The maximum absolute atomic E-state index is 4.23. The molecule has 3 rings (SSSR count). The summed E-state index contributed by atoms with van der Waals surface area (Å²) < 4.78 is 2.55. The lowest BCUT2D eigenvalue weighted by molar-refractivity contribution is 0.576. The van der Waals surface area contributed by atoms with Crippen LogP contribution in [0.5, 0.6) is 0 Å². The second kappa shape index (κ2) is 6.67. The van der Waals surface area contributed by atoms with E-state index in [-0.39, 0.29) is 5.41 Å². The minimum absolute atomic E-state index is 0.148. The minimum atomic E-state index is 0.148. The minimum Gasteiger partial charge on any atom is -0.344 e. The molecule has 2 nitrogen and oxygen atoms in total. The predicted octanol–water partition coefficient (Wildman–Crippen LogP) is 5.89. The van der Waals surface area contributed by atoms with E-state index in [2.05, 4.69) is 69.3 Å². The Bertz CT molecular complexity index is 880. The third kappa shape index (κ3) is 3.35. The van der Waals surface area contributed by atoms with Crippen LogP contribution >= 0.6 is 0 Å². The molecule has 0 fully saturated rings. The second-order valence-electron chi connectivity index (χ2n) is 8.25. The molecule has 25 heavy (non-hydrogen) atoms. The van der Waals surface area contributed by atoms with Gasteiger partial charge in [-0.2, -0.15) is 0 Å². The molecule has 0 amide bonds. The number of aryl methyl sites for hydroxylation is 4. The van der Waals surface area contributed by atoms with Crippen molar-refractivity contribution in [2.24, 2.45) is 0 Å². The van der Waals surface area contributed by atoms with Gasteiger partial charge < -0.3 is 4.57 Å². The van der Waals surface area contributed by atoms with E-state index >= 15 is 0 Å².